The van der Waals surface area contributed by atoms with Crippen molar-refractivity contribution in [3.05, 3.63) is 53.6 Å². The molecule has 24 heavy (non-hydrogen) atoms. The topological polar surface area (TPSA) is 42.9 Å². The second kappa shape index (κ2) is 7.14. The van der Waals surface area contributed by atoms with E-state index in [1.165, 1.54) is 22.9 Å². The van der Waals surface area contributed by atoms with Gasteiger partial charge in [-0.05, 0) is 44.0 Å². The zero-order valence-corrected chi connectivity index (χ0v) is 15.0. The van der Waals surface area contributed by atoms with E-state index in [1.54, 1.807) is 6.92 Å². The van der Waals surface area contributed by atoms with Crippen molar-refractivity contribution in [2.24, 2.45) is 0 Å². The molecular weight excluding hydrogens is 316 g/mol. The summed E-state index contributed by atoms with van der Waals surface area (Å²) in [6, 6.07) is 14.5. The van der Waals surface area contributed by atoms with Crippen LogP contribution in [0, 0.1) is 6.92 Å². The molecule has 3 rings (SSSR count). The molecule has 0 aliphatic heterocycles. The van der Waals surface area contributed by atoms with Crippen molar-refractivity contribution >= 4 is 28.4 Å². The number of benzene rings is 2. The van der Waals surface area contributed by atoms with Crippen LogP contribution in [0.3, 0.4) is 0 Å². The molecule has 0 N–H and O–H groups in total. The number of hydrogen-bond acceptors (Lipinski definition) is 4. The van der Waals surface area contributed by atoms with Crippen molar-refractivity contribution in [3.63, 3.8) is 0 Å². The molecule has 0 aliphatic carbocycles. The van der Waals surface area contributed by atoms with E-state index in [2.05, 4.69) is 38.1 Å². The molecule has 0 aliphatic rings. The lowest BCUT2D eigenvalue weighted by molar-refractivity contribution is -0.114. The van der Waals surface area contributed by atoms with Crippen LogP contribution < -0.4 is 0 Å². The number of carbonyl (C=O) groups excluding carboxylic acids is 1. The van der Waals surface area contributed by atoms with Gasteiger partial charge in [0, 0.05) is 10.9 Å². The maximum absolute atomic E-state index is 11.4. The molecule has 0 saturated heterocycles. The van der Waals surface area contributed by atoms with Gasteiger partial charge in [0.2, 0.25) is 0 Å². The van der Waals surface area contributed by atoms with Gasteiger partial charge in [-0.3, -0.25) is 4.79 Å². The van der Waals surface area contributed by atoms with Crippen molar-refractivity contribution in [2.75, 3.05) is 5.75 Å². The van der Waals surface area contributed by atoms with Crippen molar-refractivity contribution in [1.29, 1.82) is 0 Å². The predicted octanol–water partition coefficient (Wildman–Crippen LogP) is 4.85. The highest BCUT2D eigenvalue weighted by molar-refractivity contribution is 8.00. The summed E-state index contributed by atoms with van der Waals surface area (Å²) in [4.78, 5) is 20.9. The Labute approximate surface area is 146 Å². The monoisotopic (exact) mass is 336 g/mol. The molecule has 0 fully saturated rings. The van der Waals surface area contributed by atoms with E-state index in [1.807, 2.05) is 18.2 Å². The van der Waals surface area contributed by atoms with Crippen molar-refractivity contribution in [2.45, 2.75) is 32.2 Å². The Bertz CT molecular complexity index is 905. The first-order valence-electron chi connectivity index (χ1n) is 8.06. The molecule has 3 aromatic rings. The Hall–Kier alpha value is -2.20. The van der Waals surface area contributed by atoms with Crippen molar-refractivity contribution in [1.82, 2.24) is 9.97 Å². The number of thioether (sulfide) groups is 1. The van der Waals surface area contributed by atoms with Gasteiger partial charge >= 0.3 is 0 Å². The zero-order valence-electron chi connectivity index (χ0n) is 14.2. The number of ketones is 1. The largest absolute Gasteiger partial charge is 0.299 e. The van der Waals surface area contributed by atoms with Crippen LogP contribution in [0.4, 0.5) is 0 Å². The molecule has 2 aromatic carbocycles. The first-order valence-corrected chi connectivity index (χ1v) is 9.05. The summed E-state index contributed by atoms with van der Waals surface area (Å²) in [6.45, 7) is 5.80. The normalized spacial score (nSPS) is 11.0. The van der Waals surface area contributed by atoms with E-state index in [9.17, 15) is 4.79 Å². The molecule has 1 heterocycles. The van der Waals surface area contributed by atoms with E-state index in [-0.39, 0.29) is 5.78 Å². The number of aromatic nitrogens is 2. The van der Waals surface area contributed by atoms with Gasteiger partial charge in [0.15, 0.2) is 5.82 Å². The molecule has 0 unspecified atom stereocenters. The Morgan fingerprint density at radius 1 is 1.12 bits per heavy atom. The van der Waals surface area contributed by atoms with E-state index in [4.69, 9.17) is 9.97 Å². The molecule has 0 radical (unpaired) electrons. The highest BCUT2D eigenvalue weighted by Gasteiger charge is 2.11. The average Bonchev–Trinajstić information content (AvgIpc) is 2.58. The number of Topliss-reactive ketones (excluding diaryl/α,β-unsaturated/α-hetero) is 1. The molecule has 0 atom stereocenters. The van der Waals surface area contributed by atoms with Crippen LogP contribution in [0.15, 0.2) is 47.5 Å². The first kappa shape index (κ1) is 16.7. The number of fused-ring (bicyclic) bond motifs is 1. The highest BCUT2D eigenvalue weighted by Crippen LogP contribution is 2.29. The standard InChI is InChI=1S/C20H20N2OS/c1-4-15-8-9-18-17(11-15)20(24-12-14(3)23)22-19(21-18)16-7-5-6-13(2)10-16/h5-11H,4,12H2,1-3H3. The number of aryl methyl sites for hydroxylation is 2. The minimum atomic E-state index is 0.149. The van der Waals surface area contributed by atoms with E-state index >= 15 is 0 Å². The molecule has 1 aromatic heterocycles. The molecule has 0 bridgehead atoms. The van der Waals surface area contributed by atoms with E-state index in [0.29, 0.717) is 11.6 Å². The molecule has 3 nitrogen and oxygen atoms in total. The van der Waals surface area contributed by atoms with Gasteiger partial charge in [-0.2, -0.15) is 0 Å². The minimum absolute atomic E-state index is 0.149. The SMILES string of the molecule is CCc1ccc2nc(-c3cccc(C)c3)nc(SCC(C)=O)c2c1. The predicted molar refractivity (Wildman–Crippen MR) is 100 cm³/mol. The van der Waals surface area contributed by atoms with Crippen LogP contribution in [0.1, 0.15) is 25.0 Å². The lowest BCUT2D eigenvalue weighted by Crippen LogP contribution is -1.98. The van der Waals surface area contributed by atoms with E-state index < -0.39 is 0 Å². The Morgan fingerprint density at radius 3 is 2.67 bits per heavy atom. The summed E-state index contributed by atoms with van der Waals surface area (Å²) < 4.78 is 0. The minimum Gasteiger partial charge on any atom is -0.299 e. The second-order valence-corrected chi connectivity index (χ2v) is 6.88. The summed E-state index contributed by atoms with van der Waals surface area (Å²) in [7, 11) is 0. The quantitative estimate of drug-likeness (QED) is 0.493. The molecule has 122 valence electrons. The van der Waals surface area contributed by atoms with Crippen LogP contribution in [0.2, 0.25) is 0 Å². The van der Waals surface area contributed by atoms with Gasteiger partial charge in [-0.15, -0.1) is 0 Å². The van der Waals surface area contributed by atoms with Gasteiger partial charge in [-0.25, -0.2) is 9.97 Å². The Morgan fingerprint density at radius 2 is 1.96 bits per heavy atom. The molecular formula is C20H20N2OS. The molecule has 4 heteroatoms. The second-order valence-electron chi connectivity index (χ2n) is 5.92. The third kappa shape index (κ3) is 3.65. The third-order valence-corrected chi connectivity index (χ3v) is 4.96. The summed E-state index contributed by atoms with van der Waals surface area (Å²) >= 11 is 1.49. The van der Waals surface area contributed by atoms with Gasteiger partial charge in [0.1, 0.15) is 10.8 Å². The summed E-state index contributed by atoms with van der Waals surface area (Å²) in [5.41, 5.74) is 4.35. The van der Waals surface area contributed by atoms with Gasteiger partial charge in [0.05, 0.1) is 11.3 Å². The summed E-state index contributed by atoms with van der Waals surface area (Å²) in [5, 5.41) is 1.90. The van der Waals surface area contributed by atoms with Crippen LogP contribution in [0.25, 0.3) is 22.3 Å². The first-order chi connectivity index (χ1) is 11.6. The van der Waals surface area contributed by atoms with Crippen LogP contribution >= 0.6 is 11.8 Å². The molecule has 0 saturated carbocycles. The van der Waals surface area contributed by atoms with Crippen LogP contribution in [-0.4, -0.2) is 21.5 Å². The summed E-state index contributed by atoms with van der Waals surface area (Å²) in [6.07, 6.45) is 0.965. The Kier molecular flexibility index (Phi) is 4.95. The Balaban J connectivity index is 2.16. The maximum Gasteiger partial charge on any atom is 0.161 e. The number of rotatable bonds is 5. The number of hydrogen-bond donors (Lipinski definition) is 0. The summed E-state index contributed by atoms with van der Waals surface area (Å²) in [5.74, 6) is 1.28. The number of nitrogens with zero attached hydrogens (tertiary/aromatic N) is 2. The number of carbonyl (C=O) groups is 1. The lowest BCUT2D eigenvalue weighted by atomic mass is 10.1. The van der Waals surface area contributed by atoms with Gasteiger partial charge < -0.3 is 0 Å². The fourth-order valence-electron chi connectivity index (χ4n) is 2.56. The van der Waals surface area contributed by atoms with Crippen molar-refractivity contribution in [3.8, 4) is 11.4 Å². The third-order valence-electron chi connectivity index (χ3n) is 3.82. The van der Waals surface area contributed by atoms with E-state index in [0.717, 1.165) is 27.9 Å². The maximum atomic E-state index is 11.4. The fraction of sp³-hybridized carbons (Fsp3) is 0.250. The van der Waals surface area contributed by atoms with Crippen LogP contribution in [0.5, 0.6) is 0 Å². The van der Waals surface area contributed by atoms with Gasteiger partial charge in [-0.1, -0.05) is 48.5 Å². The average molecular weight is 336 g/mol. The molecule has 0 spiro atoms. The fourth-order valence-corrected chi connectivity index (χ4v) is 3.37. The smallest absolute Gasteiger partial charge is 0.161 e. The van der Waals surface area contributed by atoms with Crippen molar-refractivity contribution < 1.29 is 4.79 Å². The lowest BCUT2D eigenvalue weighted by Gasteiger charge is -2.10. The zero-order chi connectivity index (χ0) is 17.1. The molecule has 0 amide bonds. The van der Waals surface area contributed by atoms with Crippen LogP contribution in [-0.2, 0) is 11.2 Å². The van der Waals surface area contributed by atoms with Gasteiger partial charge in [0.25, 0.3) is 0 Å². The highest BCUT2D eigenvalue weighted by atomic mass is 32.2.